The first-order chi connectivity index (χ1) is 9.63. The van der Waals surface area contributed by atoms with Crippen LogP contribution in [-0.4, -0.2) is 11.1 Å². The number of carbonyl (C=O) groups is 1. The molecule has 0 heterocycles. The summed E-state index contributed by atoms with van der Waals surface area (Å²) in [5.74, 6) is -1.62. The Morgan fingerprint density at radius 1 is 1.10 bits per heavy atom. The van der Waals surface area contributed by atoms with Gasteiger partial charge >= 0.3 is 75.2 Å². The third kappa shape index (κ3) is 9.97. The zero-order valence-corrected chi connectivity index (χ0v) is 15.4. The molecule has 0 aliphatic carbocycles. The molecule has 0 bridgehead atoms. The van der Waals surface area contributed by atoms with E-state index in [4.69, 9.17) is 5.11 Å². The van der Waals surface area contributed by atoms with Crippen molar-refractivity contribution in [1.29, 1.82) is 0 Å². The predicted octanol–water partition coefficient (Wildman–Crippen LogP) is 3.46. The van der Waals surface area contributed by atoms with Crippen LogP contribution in [0.4, 0.5) is 0 Å². The summed E-state index contributed by atoms with van der Waals surface area (Å²) in [5.41, 5.74) is -0.178. The van der Waals surface area contributed by atoms with Crippen LogP contribution in [0.5, 0.6) is 5.75 Å². The smallest absolute Gasteiger partial charge is 0.124 e. The molecule has 0 atom stereocenters. The van der Waals surface area contributed by atoms with E-state index in [1.54, 1.807) is 6.07 Å². The number of rotatable bonds is 8. The van der Waals surface area contributed by atoms with Gasteiger partial charge in [-0.3, -0.25) is 0 Å². The van der Waals surface area contributed by atoms with E-state index in [1.807, 2.05) is 0 Å². The van der Waals surface area contributed by atoms with Gasteiger partial charge in [-0.1, -0.05) is 12.1 Å². The average Bonchev–Trinajstić information content (AvgIpc) is 2.44. The number of benzene rings is 1. The van der Waals surface area contributed by atoms with Gasteiger partial charge in [-0.15, -0.1) is 0 Å². The Balaban J connectivity index is 0.000000361. The van der Waals surface area contributed by atoms with Crippen molar-refractivity contribution in [3.63, 3.8) is 0 Å². The van der Waals surface area contributed by atoms with E-state index in [2.05, 4.69) is 6.92 Å². The first-order valence-corrected chi connectivity index (χ1v) is 9.51. The SMILES string of the molecule is CCCCCCCC[CH2][Zn+].O=C([O-])c1ccccc1O. The third-order valence-corrected chi connectivity index (χ3v) is 4.03. The molecule has 20 heavy (non-hydrogen) atoms. The molecule has 0 fully saturated rings. The van der Waals surface area contributed by atoms with E-state index in [0.29, 0.717) is 0 Å². The van der Waals surface area contributed by atoms with Crippen LogP contribution in [0, 0.1) is 0 Å². The van der Waals surface area contributed by atoms with E-state index in [1.165, 1.54) is 86.5 Å². The van der Waals surface area contributed by atoms with Crippen molar-refractivity contribution in [3.05, 3.63) is 29.8 Å². The summed E-state index contributed by atoms with van der Waals surface area (Å²) < 4.78 is 0. The van der Waals surface area contributed by atoms with Crippen molar-refractivity contribution in [2.75, 3.05) is 0 Å². The van der Waals surface area contributed by atoms with Crippen molar-refractivity contribution >= 4 is 5.97 Å². The van der Waals surface area contributed by atoms with Crippen molar-refractivity contribution in [2.45, 2.75) is 56.9 Å². The average molecular weight is 330 g/mol. The fourth-order valence-electron chi connectivity index (χ4n) is 1.78. The summed E-state index contributed by atoms with van der Waals surface area (Å²) in [6.45, 7) is 2.27. The number of carboxylic acid groups (broad SMARTS) is 1. The quantitative estimate of drug-likeness (QED) is 0.587. The Labute approximate surface area is 132 Å². The molecule has 108 valence electrons. The molecular weight excluding hydrogens is 306 g/mol. The molecule has 0 aliphatic rings. The first kappa shape index (κ1) is 19.1. The summed E-state index contributed by atoms with van der Waals surface area (Å²) in [4.78, 5) is 10.2. The minimum Gasteiger partial charge on any atom is -0.545 e. The standard InChI is InChI=1S/C9H19.C7H6O3.Zn/c1-3-5-7-9-8-6-4-2;8-6-4-2-1-3-5(6)7(9)10;/h1,3-9H2,2H3;1-4,8H,(H,9,10);/q;;+1/p-1. The maximum absolute atomic E-state index is 10.2. The van der Waals surface area contributed by atoms with Gasteiger partial charge in [0, 0.05) is 5.56 Å². The van der Waals surface area contributed by atoms with Gasteiger partial charge in [0.25, 0.3) is 0 Å². The van der Waals surface area contributed by atoms with Crippen molar-refractivity contribution in [3.8, 4) is 5.75 Å². The molecule has 0 unspecified atom stereocenters. The van der Waals surface area contributed by atoms with E-state index in [9.17, 15) is 9.90 Å². The molecular formula is C16H24O3Zn. The Morgan fingerprint density at radius 2 is 1.65 bits per heavy atom. The van der Waals surface area contributed by atoms with E-state index in [-0.39, 0.29) is 11.3 Å². The van der Waals surface area contributed by atoms with Gasteiger partial charge in [0.1, 0.15) is 5.75 Å². The van der Waals surface area contributed by atoms with Crippen LogP contribution in [0.3, 0.4) is 0 Å². The fourth-order valence-corrected chi connectivity index (χ4v) is 2.52. The van der Waals surface area contributed by atoms with E-state index >= 15 is 0 Å². The number of carboxylic acids is 1. The molecule has 1 rings (SSSR count). The van der Waals surface area contributed by atoms with Crippen LogP contribution in [0.15, 0.2) is 24.3 Å². The van der Waals surface area contributed by atoms with Crippen LogP contribution in [0.25, 0.3) is 0 Å². The van der Waals surface area contributed by atoms with Gasteiger partial charge in [0.2, 0.25) is 0 Å². The second kappa shape index (κ2) is 13.1. The minimum absolute atomic E-state index is 0.178. The molecule has 0 saturated carbocycles. The van der Waals surface area contributed by atoms with E-state index in [0.717, 1.165) is 0 Å². The summed E-state index contributed by atoms with van der Waals surface area (Å²) in [7, 11) is 0. The van der Waals surface area contributed by atoms with Crippen molar-refractivity contribution in [2.24, 2.45) is 0 Å². The maximum atomic E-state index is 10.2. The van der Waals surface area contributed by atoms with Crippen molar-refractivity contribution < 1.29 is 33.3 Å². The number of hydrogen-bond donors (Lipinski definition) is 1. The number of aromatic hydroxyl groups is 1. The van der Waals surface area contributed by atoms with Gasteiger partial charge < -0.3 is 15.0 Å². The zero-order valence-electron chi connectivity index (χ0n) is 12.4. The Hall–Kier alpha value is -0.887. The number of phenols is 1. The second-order valence-corrected chi connectivity index (χ2v) is 6.26. The van der Waals surface area contributed by atoms with Crippen LogP contribution in [0.1, 0.15) is 62.2 Å². The number of carbonyl (C=O) groups excluding carboxylic acids is 1. The molecule has 0 radical (unpaired) electrons. The third-order valence-electron chi connectivity index (χ3n) is 2.98. The van der Waals surface area contributed by atoms with Crippen LogP contribution >= 0.6 is 0 Å². The topological polar surface area (TPSA) is 60.4 Å². The van der Waals surface area contributed by atoms with E-state index < -0.39 is 5.97 Å². The van der Waals surface area contributed by atoms with Crippen LogP contribution in [0.2, 0.25) is 5.02 Å². The molecule has 1 aromatic rings. The number of hydrogen-bond acceptors (Lipinski definition) is 3. The van der Waals surface area contributed by atoms with Crippen LogP contribution < -0.4 is 5.11 Å². The fraction of sp³-hybridized carbons (Fsp3) is 0.562. The Morgan fingerprint density at radius 3 is 2.10 bits per heavy atom. The van der Waals surface area contributed by atoms with Gasteiger partial charge in [-0.05, 0) is 12.1 Å². The predicted molar refractivity (Wildman–Crippen MR) is 75.2 cm³/mol. The monoisotopic (exact) mass is 328 g/mol. The summed E-state index contributed by atoms with van der Waals surface area (Å²) in [6, 6.07) is 5.64. The van der Waals surface area contributed by atoms with Gasteiger partial charge in [0.15, 0.2) is 0 Å². The van der Waals surface area contributed by atoms with Crippen LogP contribution in [-0.2, 0) is 18.3 Å². The van der Waals surface area contributed by atoms with Gasteiger partial charge in [-0.2, -0.15) is 0 Å². The first-order valence-electron chi connectivity index (χ1n) is 7.42. The van der Waals surface area contributed by atoms with Gasteiger partial charge in [0.05, 0.1) is 5.97 Å². The number of unbranched alkanes of at least 4 members (excludes halogenated alkanes) is 6. The Kier molecular flexibility index (Phi) is 12.5. The number of aromatic carboxylic acids is 1. The molecule has 4 heteroatoms. The molecule has 0 aliphatic heterocycles. The summed E-state index contributed by atoms with van der Waals surface area (Å²) in [5, 5.41) is 20.5. The molecule has 0 spiro atoms. The molecule has 1 aromatic carbocycles. The zero-order chi connectivity index (χ0) is 15.2. The molecule has 0 aromatic heterocycles. The number of para-hydroxylation sites is 1. The Bertz CT molecular complexity index is 358. The molecule has 3 nitrogen and oxygen atoms in total. The molecule has 0 saturated heterocycles. The molecule has 1 N–H and O–H groups in total. The maximum Gasteiger partial charge on any atom is 0.124 e. The normalized spacial score (nSPS) is 9.75. The summed E-state index contributed by atoms with van der Waals surface area (Å²) >= 11 is 1.50. The minimum atomic E-state index is -1.36. The van der Waals surface area contributed by atoms with Crippen molar-refractivity contribution in [1.82, 2.24) is 0 Å². The van der Waals surface area contributed by atoms with Gasteiger partial charge in [-0.25, -0.2) is 0 Å². The summed E-state index contributed by atoms with van der Waals surface area (Å²) in [6.07, 6.45) is 10.2. The second-order valence-electron chi connectivity index (χ2n) is 4.78. The molecule has 0 amide bonds. The largest absolute Gasteiger partial charge is 0.545 e.